The number of carbonyl (C=O) groups is 1. The van der Waals surface area contributed by atoms with E-state index in [1.807, 2.05) is 79.7 Å². The van der Waals surface area contributed by atoms with Crippen molar-refractivity contribution in [2.24, 2.45) is 0 Å². The van der Waals surface area contributed by atoms with Crippen molar-refractivity contribution in [3.8, 4) is 62.8 Å². The van der Waals surface area contributed by atoms with Crippen LogP contribution in [-0.4, -0.2) is 59.8 Å². The minimum atomic E-state index is -0.374. The van der Waals surface area contributed by atoms with Crippen molar-refractivity contribution < 1.29 is 42.5 Å². The van der Waals surface area contributed by atoms with Gasteiger partial charge < -0.3 is 48.3 Å². The Morgan fingerprint density at radius 2 is 1.28 bits per heavy atom. The maximum atomic E-state index is 12.7. The Morgan fingerprint density at radius 3 is 1.96 bits per heavy atom. The molecule has 278 valence electrons. The van der Waals surface area contributed by atoms with Crippen LogP contribution in [0.2, 0.25) is 0 Å². The summed E-state index contributed by atoms with van der Waals surface area (Å²) in [6.07, 6.45) is 3.31. The predicted molar refractivity (Wildman–Crippen MR) is 201 cm³/mol. The molecule has 0 spiro atoms. The number of nitrogens with one attached hydrogen (secondary N) is 2. The van der Waals surface area contributed by atoms with E-state index in [-0.39, 0.29) is 12.1 Å². The van der Waals surface area contributed by atoms with E-state index >= 15 is 0 Å². The summed E-state index contributed by atoms with van der Waals surface area (Å²) in [6.45, 7) is 3.05. The molecule has 0 saturated heterocycles. The smallest absolute Gasteiger partial charge is 0.255 e. The van der Waals surface area contributed by atoms with Gasteiger partial charge in [0, 0.05) is 22.9 Å². The number of unbranched alkanes of at least 4 members (excludes halogenated alkanes) is 3. The van der Waals surface area contributed by atoms with Gasteiger partial charge in [-0.3, -0.25) is 4.79 Å². The van der Waals surface area contributed by atoms with E-state index in [9.17, 15) is 4.79 Å². The Bertz CT molecular complexity index is 2020. The van der Waals surface area contributed by atoms with E-state index in [0.717, 1.165) is 53.6 Å². The second-order valence-electron chi connectivity index (χ2n) is 12.5. The van der Waals surface area contributed by atoms with Gasteiger partial charge in [0.05, 0.1) is 54.3 Å². The van der Waals surface area contributed by atoms with E-state index in [2.05, 4.69) is 15.8 Å². The molecule has 1 atom stereocenters. The normalized spacial score (nSPS) is 13.3. The number of methoxy groups -OCH3 is 5. The molecule has 2 N–H and O–H groups in total. The molecular weight excluding hydrogens is 678 g/mol. The molecule has 0 saturated carbocycles. The largest absolute Gasteiger partial charge is 0.493 e. The van der Waals surface area contributed by atoms with Crippen LogP contribution >= 0.6 is 0 Å². The molecular formula is C41H45N3O9. The van der Waals surface area contributed by atoms with E-state index in [1.54, 1.807) is 35.5 Å². The highest BCUT2D eigenvalue weighted by Gasteiger charge is 2.25. The summed E-state index contributed by atoms with van der Waals surface area (Å²) in [5, 5.41) is 10.7. The molecule has 1 aliphatic rings. The van der Waals surface area contributed by atoms with Crippen LogP contribution in [0.5, 0.6) is 40.2 Å². The number of hydrogen-bond donors (Lipinski definition) is 2. The third kappa shape index (κ3) is 8.38. The monoisotopic (exact) mass is 723 g/mol. The molecule has 5 aromatic rings. The molecule has 0 fully saturated rings. The lowest BCUT2D eigenvalue weighted by atomic mass is 10.0. The zero-order chi connectivity index (χ0) is 37.3. The zero-order valence-corrected chi connectivity index (χ0v) is 30.9. The van der Waals surface area contributed by atoms with E-state index < -0.39 is 0 Å². The number of anilines is 1. The SMILES string of the molecule is COc1cc(C2NC(=O)c3cc(C)ccc3N2)ccc1OCCCCCCOc1cc(-c2cc(-c3cc(OC)c(OC)c(OC)c3)on2)ccc1OC. The minimum absolute atomic E-state index is 0.111. The number of hydrogen-bond acceptors (Lipinski definition) is 11. The van der Waals surface area contributed by atoms with Gasteiger partial charge in [-0.25, -0.2) is 0 Å². The number of aromatic nitrogens is 1. The number of fused-ring (bicyclic) bond motifs is 1. The standard InChI is InChI=1S/C41H45N3O9/c1-25-11-14-30-29(19-25)41(45)43-40(42-30)27-13-16-33(35(21-27)47-3)51-17-9-7-8-10-18-52-36-20-26(12-15-32(36)46-2)31-24-34(53-44-31)28-22-37(48-4)39(50-6)38(23-28)49-5/h11-16,19-24,40,42H,7-10,17-18H2,1-6H3,(H,43,45). The minimum Gasteiger partial charge on any atom is -0.493 e. The van der Waals surface area contributed by atoms with E-state index in [0.29, 0.717) is 70.5 Å². The summed E-state index contributed by atoms with van der Waals surface area (Å²) in [5.74, 6) is 4.51. The van der Waals surface area contributed by atoms with Gasteiger partial charge >= 0.3 is 0 Å². The lowest BCUT2D eigenvalue weighted by molar-refractivity contribution is 0.0935. The van der Waals surface area contributed by atoms with E-state index in [4.69, 9.17) is 37.7 Å². The highest BCUT2D eigenvalue weighted by Crippen LogP contribution is 2.42. The first-order valence-electron chi connectivity index (χ1n) is 17.4. The molecule has 1 unspecified atom stereocenters. The van der Waals surface area contributed by atoms with Crippen molar-refractivity contribution >= 4 is 11.6 Å². The first-order chi connectivity index (χ1) is 25.8. The van der Waals surface area contributed by atoms with Crippen molar-refractivity contribution in [3.05, 3.63) is 89.5 Å². The fraction of sp³-hybridized carbons (Fsp3) is 0.317. The molecule has 0 aliphatic carbocycles. The van der Waals surface area contributed by atoms with Gasteiger partial charge in [-0.15, -0.1) is 0 Å². The van der Waals surface area contributed by atoms with Crippen LogP contribution in [0.4, 0.5) is 5.69 Å². The Labute approximate surface area is 309 Å². The molecule has 12 nitrogen and oxygen atoms in total. The van der Waals surface area contributed by atoms with Crippen molar-refractivity contribution in [1.29, 1.82) is 0 Å². The number of nitrogens with zero attached hydrogens (tertiary/aromatic N) is 1. The van der Waals surface area contributed by atoms with Crippen LogP contribution in [0.1, 0.15) is 53.3 Å². The molecule has 1 amide bonds. The molecule has 0 radical (unpaired) electrons. The predicted octanol–water partition coefficient (Wildman–Crippen LogP) is 8.23. The van der Waals surface area contributed by atoms with Crippen LogP contribution in [0.3, 0.4) is 0 Å². The van der Waals surface area contributed by atoms with Gasteiger partial charge in [0.2, 0.25) is 5.75 Å². The average molecular weight is 724 g/mol. The number of ether oxygens (including phenoxy) is 7. The summed E-state index contributed by atoms with van der Waals surface area (Å²) >= 11 is 0. The molecule has 0 bridgehead atoms. The summed E-state index contributed by atoms with van der Waals surface area (Å²) in [6, 6.07) is 22.7. The summed E-state index contributed by atoms with van der Waals surface area (Å²) in [7, 11) is 7.93. The topological polar surface area (TPSA) is 132 Å². The maximum Gasteiger partial charge on any atom is 0.255 e. The van der Waals surface area contributed by atoms with Gasteiger partial charge in [0.1, 0.15) is 11.9 Å². The fourth-order valence-electron chi connectivity index (χ4n) is 6.16. The summed E-state index contributed by atoms with van der Waals surface area (Å²) in [5.41, 5.74) is 5.55. The van der Waals surface area contributed by atoms with Crippen molar-refractivity contribution in [2.75, 3.05) is 54.1 Å². The van der Waals surface area contributed by atoms with Crippen molar-refractivity contribution in [1.82, 2.24) is 10.5 Å². The number of aryl methyl sites for hydroxylation is 1. The Hall–Kier alpha value is -6.04. The van der Waals surface area contributed by atoms with Crippen LogP contribution in [0.25, 0.3) is 22.6 Å². The highest BCUT2D eigenvalue weighted by atomic mass is 16.5. The second kappa shape index (κ2) is 17.0. The Kier molecular flexibility index (Phi) is 11.8. The molecule has 1 aromatic heterocycles. The van der Waals surface area contributed by atoms with Crippen molar-refractivity contribution in [3.63, 3.8) is 0 Å². The van der Waals surface area contributed by atoms with Crippen molar-refractivity contribution in [2.45, 2.75) is 38.8 Å². The molecule has 4 aromatic carbocycles. The summed E-state index contributed by atoms with van der Waals surface area (Å²) < 4.78 is 45.5. The van der Waals surface area contributed by atoms with Crippen LogP contribution < -0.4 is 43.8 Å². The maximum absolute atomic E-state index is 12.7. The lowest BCUT2D eigenvalue weighted by Gasteiger charge is -2.28. The number of carbonyl (C=O) groups excluding carboxylic acids is 1. The third-order valence-electron chi connectivity index (χ3n) is 8.99. The lowest BCUT2D eigenvalue weighted by Crippen LogP contribution is -2.38. The third-order valence-corrected chi connectivity index (χ3v) is 8.99. The van der Waals surface area contributed by atoms with Crippen LogP contribution in [-0.2, 0) is 0 Å². The van der Waals surface area contributed by atoms with Gasteiger partial charge in [-0.2, -0.15) is 0 Å². The molecule has 53 heavy (non-hydrogen) atoms. The first kappa shape index (κ1) is 36.7. The Morgan fingerprint density at radius 1 is 0.623 bits per heavy atom. The molecule has 12 heteroatoms. The van der Waals surface area contributed by atoms with Gasteiger partial charge in [0.15, 0.2) is 40.3 Å². The van der Waals surface area contributed by atoms with E-state index in [1.165, 1.54) is 0 Å². The fourth-order valence-corrected chi connectivity index (χ4v) is 6.16. The number of rotatable bonds is 17. The molecule has 6 rings (SSSR count). The first-order valence-corrected chi connectivity index (χ1v) is 17.4. The zero-order valence-electron chi connectivity index (χ0n) is 30.9. The quantitative estimate of drug-likeness (QED) is 0.0900. The number of amides is 1. The highest BCUT2D eigenvalue weighted by molar-refractivity contribution is 6.02. The van der Waals surface area contributed by atoms with Crippen LogP contribution in [0.15, 0.2) is 77.3 Å². The summed E-state index contributed by atoms with van der Waals surface area (Å²) in [4.78, 5) is 12.7. The van der Waals surface area contributed by atoms with Gasteiger partial charge in [-0.05, 0) is 92.8 Å². The van der Waals surface area contributed by atoms with Gasteiger partial charge in [-0.1, -0.05) is 22.9 Å². The average Bonchev–Trinajstić information content (AvgIpc) is 3.69. The van der Waals surface area contributed by atoms with Gasteiger partial charge in [0.25, 0.3) is 5.91 Å². The molecule has 2 heterocycles. The Balaban J connectivity index is 0.975. The second-order valence-corrected chi connectivity index (χ2v) is 12.5. The van der Waals surface area contributed by atoms with Crippen LogP contribution in [0, 0.1) is 6.92 Å². The molecule has 1 aliphatic heterocycles. The number of benzene rings is 4.